The maximum absolute atomic E-state index is 11.0. The van der Waals surface area contributed by atoms with Crippen LogP contribution in [0.3, 0.4) is 0 Å². The first-order valence-electron chi connectivity index (χ1n) is 6.17. The van der Waals surface area contributed by atoms with E-state index in [4.69, 9.17) is 5.11 Å². The van der Waals surface area contributed by atoms with Crippen molar-refractivity contribution in [2.75, 3.05) is 25.5 Å². The van der Waals surface area contributed by atoms with Crippen LogP contribution in [-0.4, -0.2) is 52.1 Å². The Bertz CT molecular complexity index is 424. The summed E-state index contributed by atoms with van der Waals surface area (Å²) in [5.41, 5.74) is -0.0176. The minimum Gasteiger partial charge on any atom is -0.476 e. The molecule has 0 aromatic carbocycles. The molecule has 1 aromatic heterocycles. The third kappa shape index (κ3) is 2.95. The summed E-state index contributed by atoms with van der Waals surface area (Å²) >= 11 is 0. The van der Waals surface area contributed by atoms with E-state index in [1.165, 1.54) is 25.2 Å². The van der Waals surface area contributed by atoms with E-state index in [9.17, 15) is 4.79 Å². The molecule has 1 aliphatic heterocycles. The summed E-state index contributed by atoms with van der Waals surface area (Å²) in [5, 5.41) is 12.1. The molecular weight excluding hydrogens is 232 g/mol. The quantitative estimate of drug-likeness (QED) is 0.832. The van der Waals surface area contributed by atoms with Gasteiger partial charge in [-0.05, 0) is 26.4 Å². The average Bonchev–Trinajstić information content (AvgIpc) is 2.38. The lowest BCUT2D eigenvalue weighted by Gasteiger charge is -2.32. The van der Waals surface area contributed by atoms with Gasteiger partial charge >= 0.3 is 5.97 Å². The zero-order valence-electron chi connectivity index (χ0n) is 10.5. The SMILES string of the molecule is CN1CCCCC1CNc1nccnc1C(=O)O. The third-order valence-electron chi connectivity index (χ3n) is 3.33. The highest BCUT2D eigenvalue weighted by molar-refractivity contribution is 5.90. The number of nitrogens with zero attached hydrogens (tertiary/aromatic N) is 3. The summed E-state index contributed by atoms with van der Waals surface area (Å²) in [7, 11) is 2.10. The number of rotatable bonds is 4. The first-order valence-corrected chi connectivity index (χ1v) is 6.17. The minimum atomic E-state index is -1.05. The Hall–Kier alpha value is -1.69. The maximum Gasteiger partial charge on any atom is 0.358 e. The molecule has 0 aliphatic carbocycles. The summed E-state index contributed by atoms with van der Waals surface area (Å²) in [5.74, 6) is -0.702. The molecule has 0 radical (unpaired) electrons. The highest BCUT2D eigenvalue weighted by atomic mass is 16.4. The van der Waals surface area contributed by atoms with Crippen molar-refractivity contribution in [2.45, 2.75) is 25.3 Å². The number of aromatic carboxylic acids is 1. The largest absolute Gasteiger partial charge is 0.476 e. The van der Waals surface area contributed by atoms with E-state index in [-0.39, 0.29) is 5.69 Å². The lowest BCUT2D eigenvalue weighted by molar-refractivity contribution is 0.0691. The fourth-order valence-electron chi connectivity index (χ4n) is 2.24. The topological polar surface area (TPSA) is 78.3 Å². The number of likely N-dealkylation sites (N-methyl/N-ethyl adjacent to an activating group) is 1. The molecule has 1 unspecified atom stereocenters. The lowest BCUT2D eigenvalue weighted by Crippen LogP contribution is -2.41. The fraction of sp³-hybridized carbons (Fsp3) is 0.583. The van der Waals surface area contributed by atoms with E-state index in [1.54, 1.807) is 0 Å². The van der Waals surface area contributed by atoms with Crippen LogP contribution in [0.15, 0.2) is 12.4 Å². The number of piperidine rings is 1. The fourth-order valence-corrected chi connectivity index (χ4v) is 2.24. The Morgan fingerprint density at radius 1 is 1.50 bits per heavy atom. The predicted octanol–water partition coefficient (Wildman–Crippen LogP) is 1.07. The van der Waals surface area contributed by atoms with Gasteiger partial charge in [0.1, 0.15) is 0 Å². The van der Waals surface area contributed by atoms with Crippen LogP contribution < -0.4 is 5.32 Å². The van der Waals surface area contributed by atoms with E-state index in [1.807, 2.05) is 0 Å². The van der Waals surface area contributed by atoms with Crippen molar-refractivity contribution in [2.24, 2.45) is 0 Å². The average molecular weight is 250 g/mol. The van der Waals surface area contributed by atoms with Gasteiger partial charge in [-0.3, -0.25) is 0 Å². The summed E-state index contributed by atoms with van der Waals surface area (Å²) < 4.78 is 0. The van der Waals surface area contributed by atoms with Gasteiger partial charge in [0.05, 0.1) is 0 Å². The molecule has 6 heteroatoms. The molecule has 1 fully saturated rings. The van der Waals surface area contributed by atoms with Crippen LogP contribution in [0.1, 0.15) is 29.8 Å². The Balaban J connectivity index is 1.99. The highest BCUT2D eigenvalue weighted by Gasteiger charge is 2.20. The highest BCUT2D eigenvalue weighted by Crippen LogP contribution is 2.16. The lowest BCUT2D eigenvalue weighted by atomic mass is 10.0. The standard InChI is InChI=1S/C12H18N4O2/c1-16-7-3-2-4-9(16)8-15-11-10(12(17)18)13-5-6-14-11/h5-6,9H,2-4,7-8H2,1H3,(H,14,15)(H,17,18). The van der Waals surface area contributed by atoms with Gasteiger partial charge in [0.2, 0.25) is 0 Å². The molecule has 1 aliphatic rings. The number of hydrogen-bond donors (Lipinski definition) is 2. The number of carboxylic acid groups (broad SMARTS) is 1. The summed E-state index contributed by atoms with van der Waals surface area (Å²) in [6.07, 6.45) is 6.48. The predicted molar refractivity (Wildman–Crippen MR) is 67.8 cm³/mol. The zero-order valence-corrected chi connectivity index (χ0v) is 10.5. The molecule has 0 amide bonds. The normalized spacial score (nSPS) is 20.6. The molecule has 1 atom stereocenters. The van der Waals surface area contributed by atoms with Crippen molar-refractivity contribution in [3.8, 4) is 0 Å². The molecule has 0 spiro atoms. The second-order valence-electron chi connectivity index (χ2n) is 4.57. The molecule has 0 saturated carbocycles. The van der Waals surface area contributed by atoms with Crippen molar-refractivity contribution < 1.29 is 9.90 Å². The van der Waals surface area contributed by atoms with Gasteiger partial charge in [0.15, 0.2) is 11.5 Å². The molecule has 6 nitrogen and oxygen atoms in total. The van der Waals surface area contributed by atoms with Crippen molar-refractivity contribution in [3.05, 3.63) is 18.1 Å². The Labute approximate surface area is 106 Å². The first kappa shape index (κ1) is 12.8. The van der Waals surface area contributed by atoms with Crippen molar-refractivity contribution >= 4 is 11.8 Å². The summed E-state index contributed by atoms with van der Waals surface area (Å²) in [6.45, 7) is 1.80. The summed E-state index contributed by atoms with van der Waals surface area (Å²) in [6, 6.07) is 0.433. The molecule has 2 heterocycles. The smallest absolute Gasteiger partial charge is 0.358 e. The number of carboxylic acids is 1. The van der Waals surface area contributed by atoms with Crippen LogP contribution in [0.2, 0.25) is 0 Å². The second kappa shape index (κ2) is 5.77. The molecular formula is C12H18N4O2. The van der Waals surface area contributed by atoms with E-state index in [0.29, 0.717) is 18.4 Å². The monoisotopic (exact) mass is 250 g/mol. The van der Waals surface area contributed by atoms with Crippen LogP contribution in [0, 0.1) is 0 Å². The molecule has 18 heavy (non-hydrogen) atoms. The van der Waals surface area contributed by atoms with E-state index in [0.717, 1.165) is 13.0 Å². The van der Waals surface area contributed by atoms with Crippen LogP contribution in [0.25, 0.3) is 0 Å². The van der Waals surface area contributed by atoms with Crippen LogP contribution in [0.5, 0.6) is 0 Å². The van der Waals surface area contributed by atoms with Crippen LogP contribution >= 0.6 is 0 Å². The van der Waals surface area contributed by atoms with Gasteiger partial charge in [0, 0.05) is 25.0 Å². The van der Waals surface area contributed by atoms with Crippen LogP contribution in [-0.2, 0) is 0 Å². The maximum atomic E-state index is 11.0. The Kier molecular flexibility index (Phi) is 4.09. The molecule has 0 bridgehead atoms. The Morgan fingerprint density at radius 2 is 2.28 bits per heavy atom. The number of anilines is 1. The van der Waals surface area contributed by atoms with Gasteiger partial charge in [-0.15, -0.1) is 0 Å². The molecule has 2 rings (SSSR count). The second-order valence-corrected chi connectivity index (χ2v) is 4.57. The van der Waals surface area contributed by atoms with Gasteiger partial charge in [0.25, 0.3) is 0 Å². The van der Waals surface area contributed by atoms with Crippen LogP contribution in [0.4, 0.5) is 5.82 Å². The zero-order chi connectivity index (χ0) is 13.0. The molecule has 2 N–H and O–H groups in total. The van der Waals surface area contributed by atoms with Gasteiger partial charge in [-0.25, -0.2) is 14.8 Å². The minimum absolute atomic E-state index is 0.0176. The number of aromatic nitrogens is 2. The number of carbonyl (C=O) groups is 1. The molecule has 1 aromatic rings. The number of likely N-dealkylation sites (tertiary alicyclic amines) is 1. The van der Waals surface area contributed by atoms with E-state index in [2.05, 4.69) is 27.2 Å². The van der Waals surface area contributed by atoms with Crippen molar-refractivity contribution in [3.63, 3.8) is 0 Å². The first-order chi connectivity index (χ1) is 8.68. The molecule has 98 valence electrons. The number of nitrogens with one attached hydrogen (secondary N) is 1. The van der Waals surface area contributed by atoms with Gasteiger partial charge < -0.3 is 15.3 Å². The third-order valence-corrected chi connectivity index (χ3v) is 3.33. The van der Waals surface area contributed by atoms with E-state index >= 15 is 0 Å². The van der Waals surface area contributed by atoms with Crippen molar-refractivity contribution in [1.82, 2.24) is 14.9 Å². The Morgan fingerprint density at radius 3 is 3.00 bits per heavy atom. The van der Waals surface area contributed by atoms with Gasteiger partial charge in [-0.2, -0.15) is 0 Å². The van der Waals surface area contributed by atoms with Crippen molar-refractivity contribution in [1.29, 1.82) is 0 Å². The summed E-state index contributed by atoms with van der Waals surface area (Å²) in [4.78, 5) is 21.1. The molecule has 1 saturated heterocycles. The van der Waals surface area contributed by atoms with Gasteiger partial charge in [-0.1, -0.05) is 6.42 Å². The van der Waals surface area contributed by atoms with E-state index < -0.39 is 5.97 Å². The number of hydrogen-bond acceptors (Lipinski definition) is 5.